The quantitative estimate of drug-likeness (QED) is 0.393. The number of hydrogen-bond acceptors (Lipinski definition) is 6. The van der Waals surface area contributed by atoms with E-state index in [0.29, 0.717) is 13.0 Å². The van der Waals surface area contributed by atoms with Crippen LogP contribution in [0.25, 0.3) is 0 Å². The van der Waals surface area contributed by atoms with Crippen LogP contribution < -0.4 is 5.32 Å². The van der Waals surface area contributed by atoms with Crippen LogP contribution in [0.1, 0.15) is 38.5 Å². The van der Waals surface area contributed by atoms with Crippen LogP contribution in [-0.2, 0) is 17.4 Å². The summed E-state index contributed by atoms with van der Waals surface area (Å²) in [6, 6.07) is 3.88. The highest BCUT2D eigenvalue weighted by Crippen LogP contribution is 2.32. The predicted molar refractivity (Wildman–Crippen MR) is 105 cm³/mol. The van der Waals surface area contributed by atoms with Crippen molar-refractivity contribution < 1.29 is 42.9 Å². The zero-order valence-corrected chi connectivity index (χ0v) is 17.0. The number of benzene rings is 1. The molecule has 1 aromatic carbocycles. The molecule has 1 aliphatic rings. The number of nitrogens with zero attached hydrogens (tertiary/aromatic N) is 2. The van der Waals surface area contributed by atoms with Crippen molar-refractivity contribution in [1.29, 1.82) is 0 Å². The molecule has 0 radical (unpaired) electrons. The summed E-state index contributed by atoms with van der Waals surface area (Å²) < 4.78 is 39.9. The Kier molecular flexibility index (Phi) is 7.03. The molecular formula is C20H21F3N4O6. The van der Waals surface area contributed by atoms with Crippen LogP contribution in [0.4, 0.5) is 13.2 Å². The number of carboxylic acids is 1. The van der Waals surface area contributed by atoms with Crippen LogP contribution in [0, 0.1) is 0 Å². The summed E-state index contributed by atoms with van der Waals surface area (Å²) in [5.74, 6) is -3.25. The van der Waals surface area contributed by atoms with Crippen molar-refractivity contribution >= 4 is 17.8 Å². The maximum atomic E-state index is 13.3. The Morgan fingerprint density at radius 2 is 1.97 bits per heavy atom. The van der Waals surface area contributed by atoms with Crippen LogP contribution in [0.3, 0.4) is 0 Å². The second-order valence-electron chi connectivity index (χ2n) is 7.58. The third kappa shape index (κ3) is 5.68. The van der Waals surface area contributed by atoms with E-state index in [9.17, 15) is 37.8 Å². The number of rotatable bonds is 7. The van der Waals surface area contributed by atoms with E-state index in [2.05, 4.69) is 15.5 Å². The number of carboxylic acid groups (broad SMARTS) is 1. The van der Waals surface area contributed by atoms with Crippen LogP contribution in [-0.4, -0.2) is 79.5 Å². The van der Waals surface area contributed by atoms with Gasteiger partial charge in [-0.15, -0.1) is 0 Å². The summed E-state index contributed by atoms with van der Waals surface area (Å²) in [7, 11) is 0. The maximum Gasteiger partial charge on any atom is 0.416 e. The SMILES string of the molecule is O=C(N[C@H](Cc1ccccc1C(F)(F)F)[C@@H](O)C(=O)O)c1cc(C(=O)N2CCC(O)C2)[nH]n1. The van der Waals surface area contributed by atoms with E-state index in [1.165, 1.54) is 11.0 Å². The molecule has 2 heterocycles. The first-order valence-corrected chi connectivity index (χ1v) is 9.87. The molecule has 0 saturated carbocycles. The standard InChI is InChI=1S/C20H21F3N4O6/c21-20(22,23)12-4-2-1-3-10(12)7-13(16(29)19(32)33)24-17(30)14-8-15(26-25-14)18(31)27-6-5-11(28)9-27/h1-4,8,11,13,16,28-29H,5-7,9H2,(H,24,30)(H,25,26)(H,32,33)/t11?,13-,16-/m1/s1. The zero-order valence-electron chi connectivity index (χ0n) is 17.0. The number of aromatic nitrogens is 2. The van der Waals surface area contributed by atoms with Gasteiger partial charge >= 0.3 is 12.1 Å². The number of aromatic amines is 1. The number of nitrogens with one attached hydrogen (secondary N) is 2. The molecule has 1 saturated heterocycles. The second-order valence-corrected chi connectivity index (χ2v) is 7.58. The van der Waals surface area contributed by atoms with E-state index < -0.39 is 54.2 Å². The summed E-state index contributed by atoms with van der Waals surface area (Å²) in [6.45, 7) is 0.427. The maximum absolute atomic E-state index is 13.3. The van der Waals surface area contributed by atoms with Gasteiger partial charge in [0.1, 0.15) is 5.69 Å². The van der Waals surface area contributed by atoms with E-state index in [1.807, 2.05) is 0 Å². The fourth-order valence-electron chi connectivity index (χ4n) is 3.51. The summed E-state index contributed by atoms with van der Waals surface area (Å²) in [5, 5.41) is 36.9. The summed E-state index contributed by atoms with van der Waals surface area (Å²) >= 11 is 0. The lowest BCUT2D eigenvalue weighted by Gasteiger charge is -2.23. The number of likely N-dealkylation sites (tertiary alicyclic amines) is 1. The van der Waals surface area contributed by atoms with Crippen LogP contribution >= 0.6 is 0 Å². The molecule has 1 aromatic heterocycles. The lowest BCUT2D eigenvalue weighted by Crippen LogP contribution is -2.48. The number of aliphatic hydroxyl groups is 2. The molecule has 1 unspecified atom stereocenters. The molecule has 13 heteroatoms. The monoisotopic (exact) mass is 470 g/mol. The largest absolute Gasteiger partial charge is 0.479 e. The number of H-pyrrole nitrogens is 1. The summed E-state index contributed by atoms with van der Waals surface area (Å²) in [5.41, 5.74) is -1.74. The first kappa shape index (κ1) is 24.2. The highest BCUT2D eigenvalue weighted by atomic mass is 19.4. The van der Waals surface area contributed by atoms with Crippen molar-refractivity contribution in [3.05, 3.63) is 52.8 Å². The zero-order chi connectivity index (χ0) is 24.3. The van der Waals surface area contributed by atoms with Gasteiger partial charge in [-0.25, -0.2) is 4.79 Å². The normalized spacial score (nSPS) is 18.1. The Morgan fingerprint density at radius 3 is 2.58 bits per heavy atom. The number of carbonyl (C=O) groups is 3. The van der Waals surface area contributed by atoms with E-state index in [-0.39, 0.29) is 23.5 Å². The van der Waals surface area contributed by atoms with E-state index >= 15 is 0 Å². The average molecular weight is 470 g/mol. The molecule has 0 spiro atoms. The Hall–Kier alpha value is -3.45. The second kappa shape index (κ2) is 9.58. The molecule has 10 nitrogen and oxygen atoms in total. The third-order valence-electron chi connectivity index (χ3n) is 5.20. The van der Waals surface area contributed by atoms with E-state index in [4.69, 9.17) is 5.11 Å². The smallest absolute Gasteiger partial charge is 0.416 e. The molecule has 3 atom stereocenters. The molecule has 2 aromatic rings. The van der Waals surface area contributed by atoms with Gasteiger partial charge in [-0.3, -0.25) is 14.7 Å². The lowest BCUT2D eigenvalue weighted by molar-refractivity contribution is -0.148. The first-order chi connectivity index (χ1) is 15.5. The summed E-state index contributed by atoms with van der Waals surface area (Å²) in [4.78, 5) is 37.6. The minimum absolute atomic E-state index is 0.0630. The number of amides is 2. The number of carbonyl (C=O) groups excluding carboxylic acids is 2. The van der Waals surface area contributed by atoms with E-state index in [0.717, 1.165) is 24.3 Å². The van der Waals surface area contributed by atoms with Crippen molar-refractivity contribution in [2.24, 2.45) is 0 Å². The van der Waals surface area contributed by atoms with Gasteiger partial charge in [0.2, 0.25) is 0 Å². The fourth-order valence-corrected chi connectivity index (χ4v) is 3.51. The molecule has 33 heavy (non-hydrogen) atoms. The number of halogens is 3. The Bertz CT molecular complexity index is 1040. The third-order valence-corrected chi connectivity index (χ3v) is 5.20. The first-order valence-electron chi connectivity index (χ1n) is 9.87. The molecular weight excluding hydrogens is 449 g/mol. The van der Waals surface area contributed by atoms with Gasteiger partial charge in [0.05, 0.1) is 17.7 Å². The van der Waals surface area contributed by atoms with Gasteiger partial charge in [0.15, 0.2) is 11.8 Å². The van der Waals surface area contributed by atoms with Crippen molar-refractivity contribution in [2.45, 2.75) is 37.3 Å². The topological polar surface area (TPSA) is 156 Å². The molecule has 1 aliphatic heterocycles. The minimum Gasteiger partial charge on any atom is -0.479 e. The molecule has 1 fully saturated rings. The number of β-amino-alcohol motifs (C(OH)–C–C–N with tert-alkyl or cyclic N) is 1. The van der Waals surface area contributed by atoms with Crippen molar-refractivity contribution in [3.63, 3.8) is 0 Å². The Balaban J connectivity index is 1.78. The van der Waals surface area contributed by atoms with Gasteiger partial charge in [0.25, 0.3) is 11.8 Å². The van der Waals surface area contributed by atoms with Crippen molar-refractivity contribution in [2.75, 3.05) is 13.1 Å². The minimum atomic E-state index is -4.72. The van der Waals surface area contributed by atoms with E-state index in [1.54, 1.807) is 0 Å². The molecule has 0 aliphatic carbocycles. The number of aliphatic carboxylic acids is 1. The Labute approximate surface area is 185 Å². The molecule has 0 bridgehead atoms. The van der Waals surface area contributed by atoms with Crippen LogP contribution in [0.2, 0.25) is 0 Å². The van der Waals surface area contributed by atoms with Crippen molar-refractivity contribution in [1.82, 2.24) is 20.4 Å². The van der Waals surface area contributed by atoms with Crippen LogP contribution in [0.5, 0.6) is 0 Å². The van der Waals surface area contributed by atoms with Gasteiger partial charge in [-0.1, -0.05) is 18.2 Å². The highest BCUT2D eigenvalue weighted by Gasteiger charge is 2.36. The van der Waals surface area contributed by atoms with Crippen LogP contribution in [0.15, 0.2) is 30.3 Å². The fraction of sp³-hybridized carbons (Fsp3) is 0.400. The average Bonchev–Trinajstić information content (AvgIpc) is 3.41. The number of aliphatic hydroxyl groups excluding tert-OH is 2. The molecule has 3 rings (SSSR count). The number of hydrogen-bond donors (Lipinski definition) is 5. The summed E-state index contributed by atoms with van der Waals surface area (Å²) in [6.07, 6.45) is -7.81. The molecule has 5 N–H and O–H groups in total. The van der Waals surface area contributed by atoms with Gasteiger partial charge in [0, 0.05) is 19.2 Å². The Morgan fingerprint density at radius 1 is 1.27 bits per heavy atom. The predicted octanol–water partition coefficient (Wildman–Crippen LogP) is 0.422. The molecule has 178 valence electrons. The van der Waals surface area contributed by atoms with Crippen molar-refractivity contribution in [3.8, 4) is 0 Å². The van der Waals surface area contributed by atoms with Gasteiger partial charge < -0.3 is 25.5 Å². The van der Waals surface area contributed by atoms with Gasteiger partial charge in [-0.2, -0.15) is 18.3 Å². The molecule has 2 amide bonds. The highest BCUT2D eigenvalue weighted by molar-refractivity contribution is 5.98. The van der Waals surface area contributed by atoms with Gasteiger partial charge in [-0.05, 0) is 24.5 Å². The number of alkyl halides is 3. The lowest BCUT2D eigenvalue weighted by atomic mass is 9.96.